The third-order valence-corrected chi connectivity index (χ3v) is 1.79. The molecule has 0 atom stereocenters. The maximum absolute atomic E-state index is 5.12. The molecule has 2 heterocycles. The highest BCUT2D eigenvalue weighted by Gasteiger charge is 1.99. The van der Waals surface area contributed by atoms with Crippen LogP contribution in [0.1, 0.15) is 0 Å². The lowest BCUT2D eigenvalue weighted by Gasteiger charge is -1.83. The molecule has 2 aromatic heterocycles. The van der Waals surface area contributed by atoms with E-state index >= 15 is 0 Å². The summed E-state index contributed by atoms with van der Waals surface area (Å²) < 4.78 is 5.12. The number of hydrogen-bond acceptors (Lipinski definition) is 3. The van der Waals surface area contributed by atoms with Gasteiger partial charge in [0.25, 0.3) is 0 Å². The Labute approximate surface area is 62.1 Å². The summed E-state index contributed by atoms with van der Waals surface area (Å²) in [5.74, 6) is 0.834. The van der Waals surface area contributed by atoms with Crippen molar-refractivity contribution in [3.8, 4) is 11.5 Å². The van der Waals surface area contributed by atoms with Gasteiger partial charge < -0.3 is 4.42 Å². The highest BCUT2D eigenvalue weighted by atomic mass is 32.1. The van der Waals surface area contributed by atoms with Gasteiger partial charge in [-0.2, -0.15) is 0 Å². The molecule has 0 amide bonds. The molecule has 0 radical (unpaired) electrons. The predicted molar refractivity (Wildman–Crippen MR) is 39.8 cm³/mol. The van der Waals surface area contributed by atoms with Crippen LogP contribution in [0, 0.1) is 0 Å². The van der Waals surface area contributed by atoms with E-state index in [4.69, 9.17) is 4.42 Å². The van der Waals surface area contributed by atoms with E-state index in [2.05, 4.69) is 4.98 Å². The molecule has 10 heavy (non-hydrogen) atoms. The number of furan rings is 1. The number of nitrogens with zero attached hydrogens (tertiary/aromatic N) is 1. The van der Waals surface area contributed by atoms with Crippen LogP contribution in [0.25, 0.3) is 11.5 Å². The molecular formula is C7H5NOS. The molecule has 2 aromatic rings. The first-order valence-electron chi connectivity index (χ1n) is 2.89. The zero-order chi connectivity index (χ0) is 6.81. The molecule has 0 bridgehead atoms. The lowest BCUT2D eigenvalue weighted by Crippen LogP contribution is -1.67. The van der Waals surface area contributed by atoms with Gasteiger partial charge in [-0.15, -0.1) is 11.3 Å². The van der Waals surface area contributed by atoms with E-state index < -0.39 is 0 Å². The van der Waals surface area contributed by atoms with Crippen LogP contribution in [-0.2, 0) is 0 Å². The van der Waals surface area contributed by atoms with Crippen molar-refractivity contribution in [2.75, 3.05) is 0 Å². The van der Waals surface area contributed by atoms with Crippen LogP contribution >= 0.6 is 11.3 Å². The Morgan fingerprint density at radius 2 is 2.50 bits per heavy atom. The maximum Gasteiger partial charge on any atom is 0.153 e. The number of aromatic nitrogens is 1. The van der Waals surface area contributed by atoms with E-state index in [0.717, 1.165) is 11.5 Å². The molecule has 3 heteroatoms. The third kappa shape index (κ3) is 0.844. The monoisotopic (exact) mass is 151 g/mol. The first kappa shape index (κ1) is 5.68. The van der Waals surface area contributed by atoms with E-state index in [1.807, 2.05) is 17.5 Å². The van der Waals surface area contributed by atoms with Crippen molar-refractivity contribution in [1.82, 2.24) is 4.98 Å². The Balaban J connectivity index is 2.48. The van der Waals surface area contributed by atoms with Gasteiger partial charge in [0.1, 0.15) is 5.69 Å². The molecule has 0 aliphatic heterocycles. The second kappa shape index (κ2) is 2.27. The zero-order valence-corrected chi connectivity index (χ0v) is 5.97. The molecule has 0 aliphatic rings. The molecule has 0 spiro atoms. The standard InChI is InChI=1S/C7H5NOS/c1-2-7(9-3-1)6-4-10-5-8-6/h1-5H. The summed E-state index contributed by atoms with van der Waals surface area (Å²) in [4.78, 5) is 4.08. The Bertz CT molecular complexity index is 253. The Morgan fingerprint density at radius 3 is 3.10 bits per heavy atom. The van der Waals surface area contributed by atoms with Crippen molar-refractivity contribution in [3.05, 3.63) is 29.3 Å². The smallest absolute Gasteiger partial charge is 0.153 e. The average Bonchev–Trinajstić information content (AvgIpc) is 2.59. The molecule has 2 nitrogen and oxygen atoms in total. The van der Waals surface area contributed by atoms with E-state index in [0.29, 0.717) is 0 Å². The molecular weight excluding hydrogens is 146 g/mol. The van der Waals surface area contributed by atoms with Crippen molar-refractivity contribution < 1.29 is 4.42 Å². The quantitative estimate of drug-likeness (QED) is 0.625. The minimum Gasteiger partial charge on any atom is -0.463 e. The molecule has 50 valence electrons. The van der Waals surface area contributed by atoms with Gasteiger partial charge in [0.05, 0.1) is 11.8 Å². The molecule has 0 saturated heterocycles. The second-order valence-electron chi connectivity index (χ2n) is 1.85. The SMILES string of the molecule is c1coc(-c2cscn2)c1. The zero-order valence-electron chi connectivity index (χ0n) is 5.15. The molecule has 2 rings (SSSR count). The summed E-state index contributed by atoms with van der Waals surface area (Å²) in [6, 6.07) is 3.75. The summed E-state index contributed by atoms with van der Waals surface area (Å²) in [5, 5.41) is 1.96. The fourth-order valence-corrected chi connectivity index (χ4v) is 1.30. The first-order valence-corrected chi connectivity index (χ1v) is 3.83. The van der Waals surface area contributed by atoms with Gasteiger partial charge in [-0.05, 0) is 12.1 Å². The van der Waals surface area contributed by atoms with E-state index in [1.54, 1.807) is 23.1 Å². The van der Waals surface area contributed by atoms with Gasteiger partial charge in [0.2, 0.25) is 0 Å². The van der Waals surface area contributed by atoms with Crippen LogP contribution in [0.2, 0.25) is 0 Å². The lowest BCUT2D eigenvalue weighted by molar-refractivity contribution is 0.580. The van der Waals surface area contributed by atoms with Crippen LogP contribution in [0.4, 0.5) is 0 Å². The maximum atomic E-state index is 5.12. The van der Waals surface area contributed by atoms with Crippen LogP contribution < -0.4 is 0 Å². The average molecular weight is 151 g/mol. The van der Waals surface area contributed by atoms with Crippen LogP contribution in [-0.4, -0.2) is 4.98 Å². The van der Waals surface area contributed by atoms with Gasteiger partial charge in [0.15, 0.2) is 5.76 Å². The Morgan fingerprint density at radius 1 is 1.50 bits per heavy atom. The van der Waals surface area contributed by atoms with Crippen LogP contribution in [0.3, 0.4) is 0 Å². The second-order valence-corrected chi connectivity index (χ2v) is 2.57. The van der Waals surface area contributed by atoms with Crippen molar-refractivity contribution in [1.29, 1.82) is 0 Å². The first-order chi connectivity index (χ1) is 4.97. The van der Waals surface area contributed by atoms with E-state index in [-0.39, 0.29) is 0 Å². The van der Waals surface area contributed by atoms with E-state index in [1.165, 1.54) is 0 Å². The highest BCUT2D eigenvalue weighted by Crippen LogP contribution is 2.18. The summed E-state index contributed by atoms with van der Waals surface area (Å²) in [5.41, 5.74) is 2.70. The topological polar surface area (TPSA) is 26.0 Å². The van der Waals surface area contributed by atoms with E-state index in [9.17, 15) is 0 Å². The van der Waals surface area contributed by atoms with Gasteiger partial charge in [-0.1, -0.05) is 0 Å². The Hall–Kier alpha value is -1.09. The lowest BCUT2D eigenvalue weighted by atomic mass is 10.4. The van der Waals surface area contributed by atoms with Gasteiger partial charge >= 0.3 is 0 Å². The fraction of sp³-hybridized carbons (Fsp3) is 0. The Kier molecular flexibility index (Phi) is 1.29. The van der Waals surface area contributed by atoms with Crippen LogP contribution in [0.5, 0.6) is 0 Å². The minimum absolute atomic E-state index is 0.834. The number of rotatable bonds is 1. The molecule has 0 aromatic carbocycles. The molecule has 0 saturated carbocycles. The normalized spacial score (nSPS) is 10.0. The van der Waals surface area contributed by atoms with Crippen molar-refractivity contribution in [3.63, 3.8) is 0 Å². The summed E-state index contributed by atoms with van der Waals surface area (Å²) in [6.07, 6.45) is 1.65. The summed E-state index contributed by atoms with van der Waals surface area (Å²) in [6.45, 7) is 0. The van der Waals surface area contributed by atoms with Gasteiger partial charge in [-0.25, -0.2) is 4.98 Å². The fourth-order valence-electron chi connectivity index (χ4n) is 0.759. The van der Waals surface area contributed by atoms with Crippen molar-refractivity contribution in [2.45, 2.75) is 0 Å². The molecule has 0 N–H and O–H groups in total. The predicted octanol–water partition coefficient (Wildman–Crippen LogP) is 2.40. The summed E-state index contributed by atoms with van der Waals surface area (Å²) in [7, 11) is 0. The molecule has 0 unspecified atom stereocenters. The summed E-state index contributed by atoms with van der Waals surface area (Å²) >= 11 is 1.57. The van der Waals surface area contributed by atoms with Crippen molar-refractivity contribution in [2.24, 2.45) is 0 Å². The van der Waals surface area contributed by atoms with Crippen molar-refractivity contribution >= 4 is 11.3 Å². The number of thiazole rings is 1. The minimum atomic E-state index is 0.834. The van der Waals surface area contributed by atoms with Gasteiger partial charge in [-0.3, -0.25) is 0 Å². The van der Waals surface area contributed by atoms with Crippen LogP contribution in [0.15, 0.2) is 33.7 Å². The third-order valence-electron chi connectivity index (χ3n) is 1.21. The molecule has 0 fully saturated rings. The molecule has 0 aliphatic carbocycles. The number of hydrogen-bond donors (Lipinski definition) is 0. The highest BCUT2D eigenvalue weighted by molar-refractivity contribution is 7.07. The largest absolute Gasteiger partial charge is 0.463 e. The van der Waals surface area contributed by atoms with Gasteiger partial charge in [0, 0.05) is 5.38 Å².